The molecule has 0 fully saturated rings. The van der Waals surface area contributed by atoms with Gasteiger partial charge in [0.1, 0.15) is 11.0 Å². The molecule has 0 amide bonds. The van der Waals surface area contributed by atoms with Crippen LogP contribution in [0.15, 0.2) is 22.3 Å². The third-order valence-corrected chi connectivity index (χ3v) is 3.03. The molecule has 0 aliphatic heterocycles. The minimum Gasteiger partial charge on any atom is -0.262 e. The van der Waals surface area contributed by atoms with E-state index in [1.807, 2.05) is 19.9 Å². The minimum absolute atomic E-state index is 0.482. The topological polar surface area (TPSA) is 54.5 Å². The second-order valence-electron chi connectivity index (χ2n) is 3.08. The lowest BCUT2D eigenvalue weighted by Gasteiger charge is -2.01. The maximum atomic E-state index is 5.82. The number of rotatable bonds is 2. The van der Waals surface area contributed by atoms with Gasteiger partial charge >= 0.3 is 0 Å². The predicted octanol–water partition coefficient (Wildman–Crippen LogP) is 2.62. The van der Waals surface area contributed by atoms with E-state index < -0.39 is 0 Å². The van der Waals surface area contributed by atoms with Gasteiger partial charge in [-0.15, -0.1) is 5.10 Å². The molecule has 0 saturated heterocycles. The van der Waals surface area contributed by atoms with Crippen LogP contribution in [0.3, 0.4) is 0 Å². The summed E-state index contributed by atoms with van der Waals surface area (Å²) in [5.41, 5.74) is 1.06. The van der Waals surface area contributed by atoms with Gasteiger partial charge in [0.25, 0.3) is 0 Å². The van der Waals surface area contributed by atoms with Crippen molar-refractivity contribution < 1.29 is 0 Å². The summed E-state index contributed by atoms with van der Waals surface area (Å²) in [6, 6.07) is 1.81. The van der Waals surface area contributed by atoms with Gasteiger partial charge in [-0.1, -0.05) is 11.6 Å². The maximum absolute atomic E-state index is 5.82. The largest absolute Gasteiger partial charge is 0.262 e. The van der Waals surface area contributed by atoms with Crippen LogP contribution < -0.4 is 0 Å². The molecule has 0 unspecified atom stereocenters. The van der Waals surface area contributed by atoms with Crippen molar-refractivity contribution in [3.05, 3.63) is 28.8 Å². The highest BCUT2D eigenvalue weighted by Crippen LogP contribution is 2.28. The lowest BCUT2D eigenvalue weighted by atomic mass is 10.3. The van der Waals surface area contributed by atoms with Crippen LogP contribution in [0.2, 0.25) is 5.15 Å². The van der Waals surface area contributed by atoms with E-state index in [1.165, 1.54) is 11.8 Å². The molecule has 0 atom stereocenters. The van der Waals surface area contributed by atoms with Gasteiger partial charge < -0.3 is 0 Å². The molecule has 2 aromatic rings. The van der Waals surface area contributed by atoms with Crippen molar-refractivity contribution in [3.63, 3.8) is 0 Å². The Labute approximate surface area is 96.5 Å². The molecule has 1 N–H and O–H groups in total. The summed E-state index contributed by atoms with van der Waals surface area (Å²) in [6.45, 7) is 3.84. The van der Waals surface area contributed by atoms with Crippen LogP contribution in [0.5, 0.6) is 0 Å². The summed E-state index contributed by atoms with van der Waals surface area (Å²) in [5.74, 6) is 0.801. The van der Waals surface area contributed by atoms with Crippen LogP contribution in [0.25, 0.3) is 0 Å². The van der Waals surface area contributed by atoms with Gasteiger partial charge in [-0.2, -0.15) is 0 Å². The molecule has 0 aliphatic rings. The minimum atomic E-state index is 0.482. The monoisotopic (exact) mass is 240 g/mol. The standard InChI is InChI=1S/C9H9ClN4S/c1-5-4-11-8(10)3-7(5)15-9-12-6(2)13-14-9/h3-4H,1-2H3,(H,12,13,14). The molecule has 0 bridgehead atoms. The lowest BCUT2D eigenvalue weighted by molar-refractivity contribution is 0.968. The van der Waals surface area contributed by atoms with Crippen molar-refractivity contribution in [1.29, 1.82) is 0 Å². The lowest BCUT2D eigenvalue weighted by Crippen LogP contribution is -1.84. The van der Waals surface area contributed by atoms with Crippen LogP contribution >= 0.6 is 23.4 Å². The van der Waals surface area contributed by atoms with E-state index in [1.54, 1.807) is 6.20 Å². The number of nitrogens with one attached hydrogen (secondary N) is 1. The number of nitrogens with zero attached hydrogens (tertiary/aromatic N) is 3. The first-order chi connectivity index (χ1) is 7.15. The number of H-pyrrole nitrogens is 1. The number of aryl methyl sites for hydroxylation is 2. The molecule has 2 aromatic heterocycles. The number of halogens is 1. The van der Waals surface area contributed by atoms with Gasteiger partial charge in [-0.3, -0.25) is 5.10 Å². The van der Waals surface area contributed by atoms with Gasteiger partial charge in [0.15, 0.2) is 0 Å². The summed E-state index contributed by atoms with van der Waals surface area (Å²) in [4.78, 5) is 9.22. The number of pyridine rings is 1. The molecular weight excluding hydrogens is 232 g/mol. The van der Waals surface area contributed by atoms with Crippen molar-refractivity contribution in [3.8, 4) is 0 Å². The van der Waals surface area contributed by atoms with E-state index in [9.17, 15) is 0 Å². The quantitative estimate of drug-likeness (QED) is 0.820. The highest BCUT2D eigenvalue weighted by Gasteiger charge is 2.06. The molecule has 0 aliphatic carbocycles. The Hall–Kier alpha value is -1.07. The van der Waals surface area contributed by atoms with Crippen molar-refractivity contribution in [1.82, 2.24) is 20.2 Å². The zero-order valence-corrected chi connectivity index (χ0v) is 9.85. The van der Waals surface area contributed by atoms with E-state index in [2.05, 4.69) is 20.2 Å². The average molecular weight is 241 g/mol. The Bertz CT molecular complexity index is 483. The molecule has 2 rings (SSSR count). The fourth-order valence-electron chi connectivity index (χ4n) is 1.06. The second-order valence-corrected chi connectivity index (χ2v) is 4.47. The molecule has 6 heteroatoms. The number of aromatic amines is 1. The average Bonchev–Trinajstić information content (AvgIpc) is 2.58. The van der Waals surface area contributed by atoms with E-state index in [0.717, 1.165) is 16.3 Å². The molecule has 78 valence electrons. The van der Waals surface area contributed by atoms with Crippen molar-refractivity contribution in [2.75, 3.05) is 0 Å². The first-order valence-electron chi connectivity index (χ1n) is 4.34. The summed E-state index contributed by atoms with van der Waals surface area (Å²) >= 11 is 7.29. The predicted molar refractivity (Wildman–Crippen MR) is 59.2 cm³/mol. The molecule has 2 heterocycles. The maximum Gasteiger partial charge on any atom is 0.213 e. The van der Waals surface area contributed by atoms with Gasteiger partial charge in [-0.25, -0.2) is 9.97 Å². The molecule has 0 aromatic carbocycles. The van der Waals surface area contributed by atoms with Crippen molar-refractivity contribution >= 4 is 23.4 Å². The van der Waals surface area contributed by atoms with Crippen LogP contribution in [-0.2, 0) is 0 Å². The Morgan fingerprint density at radius 2 is 2.20 bits per heavy atom. The Morgan fingerprint density at radius 1 is 1.40 bits per heavy atom. The molecule has 0 saturated carbocycles. The smallest absolute Gasteiger partial charge is 0.213 e. The molecule has 0 radical (unpaired) electrons. The first kappa shape index (κ1) is 10.4. The Kier molecular flexibility index (Phi) is 2.93. The van der Waals surface area contributed by atoms with Crippen LogP contribution in [0.1, 0.15) is 11.4 Å². The fourth-order valence-corrected chi connectivity index (χ4v) is 2.13. The van der Waals surface area contributed by atoms with Gasteiger partial charge in [0, 0.05) is 11.1 Å². The fraction of sp³-hybridized carbons (Fsp3) is 0.222. The van der Waals surface area contributed by atoms with E-state index in [-0.39, 0.29) is 0 Å². The second kappa shape index (κ2) is 4.20. The highest BCUT2D eigenvalue weighted by atomic mass is 35.5. The summed E-state index contributed by atoms with van der Waals surface area (Å²) < 4.78 is 0. The third kappa shape index (κ3) is 2.49. The third-order valence-electron chi connectivity index (χ3n) is 1.80. The van der Waals surface area contributed by atoms with Gasteiger partial charge in [-0.05, 0) is 37.2 Å². The molecular formula is C9H9ClN4S. The van der Waals surface area contributed by atoms with Crippen molar-refractivity contribution in [2.24, 2.45) is 0 Å². The van der Waals surface area contributed by atoms with Crippen LogP contribution in [-0.4, -0.2) is 20.2 Å². The van der Waals surface area contributed by atoms with E-state index >= 15 is 0 Å². The SMILES string of the molecule is Cc1nc(Sc2cc(Cl)ncc2C)n[nH]1. The number of hydrogen-bond donors (Lipinski definition) is 1. The van der Waals surface area contributed by atoms with E-state index in [0.29, 0.717) is 10.3 Å². The van der Waals surface area contributed by atoms with Crippen molar-refractivity contribution in [2.45, 2.75) is 23.9 Å². The zero-order valence-electron chi connectivity index (χ0n) is 8.28. The molecule has 0 spiro atoms. The van der Waals surface area contributed by atoms with Crippen LogP contribution in [0, 0.1) is 13.8 Å². The molecule has 15 heavy (non-hydrogen) atoms. The Balaban J connectivity index is 2.27. The molecule has 4 nitrogen and oxygen atoms in total. The normalized spacial score (nSPS) is 10.6. The highest BCUT2D eigenvalue weighted by molar-refractivity contribution is 7.99. The Morgan fingerprint density at radius 3 is 2.87 bits per heavy atom. The summed E-state index contributed by atoms with van der Waals surface area (Å²) in [7, 11) is 0. The summed E-state index contributed by atoms with van der Waals surface area (Å²) in [5, 5.41) is 8.01. The van der Waals surface area contributed by atoms with Gasteiger partial charge in [0.05, 0.1) is 0 Å². The number of aromatic nitrogens is 4. The zero-order chi connectivity index (χ0) is 10.8. The summed E-state index contributed by atoms with van der Waals surface area (Å²) in [6.07, 6.45) is 1.74. The van der Waals surface area contributed by atoms with Crippen LogP contribution in [0.4, 0.5) is 0 Å². The number of hydrogen-bond acceptors (Lipinski definition) is 4. The van der Waals surface area contributed by atoms with E-state index in [4.69, 9.17) is 11.6 Å². The van der Waals surface area contributed by atoms with Gasteiger partial charge in [0.2, 0.25) is 5.16 Å². The first-order valence-corrected chi connectivity index (χ1v) is 5.53.